The van der Waals surface area contributed by atoms with Crippen LogP contribution in [0.2, 0.25) is 5.02 Å². The molecule has 5 aromatic carbocycles. The maximum absolute atomic E-state index is 10.6. The smallest absolute Gasteiger partial charge is 0.227 e. The molecule has 0 fully saturated rings. The fourth-order valence-corrected chi connectivity index (χ4v) is 5.68. The van der Waals surface area contributed by atoms with E-state index >= 15 is 0 Å². The number of aromatic nitrogens is 1. The molecule has 0 aliphatic rings. The van der Waals surface area contributed by atoms with Crippen LogP contribution in [0.3, 0.4) is 0 Å². The van der Waals surface area contributed by atoms with Crippen LogP contribution in [0.25, 0.3) is 33.3 Å². The van der Waals surface area contributed by atoms with E-state index in [4.69, 9.17) is 21.0 Å². The Bertz CT molecular complexity index is 1860. The molecule has 0 aliphatic carbocycles. The van der Waals surface area contributed by atoms with Crippen molar-refractivity contribution in [3.05, 3.63) is 122 Å². The van der Waals surface area contributed by atoms with E-state index in [2.05, 4.69) is 49.0 Å². The van der Waals surface area contributed by atoms with E-state index in [-0.39, 0.29) is 5.75 Å². The van der Waals surface area contributed by atoms with E-state index in [0.29, 0.717) is 44.2 Å². The summed E-state index contributed by atoms with van der Waals surface area (Å²) in [6.45, 7) is 0. The van der Waals surface area contributed by atoms with Gasteiger partial charge >= 0.3 is 0 Å². The Morgan fingerprint density at radius 2 is 1.68 bits per heavy atom. The molecule has 0 saturated carbocycles. The summed E-state index contributed by atoms with van der Waals surface area (Å²) in [7, 11) is 0. The molecule has 0 aliphatic heterocycles. The van der Waals surface area contributed by atoms with E-state index in [0.717, 1.165) is 31.9 Å². The minimum Gasteiger partial charge on any atom is -0.506 e. The summed E-state index contributed by atoms with van der Waals surface area (Å²) in [5.74, 6) is 0.683. The molecular weight excluding hydrogens is 628 g/mol. The molecule has 0 saturated heterocycles. The van der Waals surface area contributed by atoms with Gasteiger partial charge in [-0.15, -0.1) is 0 Å². The average Bonchev–Trinajstić information content (AvgIpc) is 3.34. The number of phenolic OH excluding ortho intramolecular Hbond substituents is 1. The summed E-state index contributed by atoms with van der Waals surface area (Å²) in [4.78, 5) is 9.37. The summed E-state index contributed by atoms with van der Waals surface area (Å²) in [5, 5.41) is 13.5. The molecular formula is C31H19Br2ClN2O2. The van der Waals surface area contributed by atoms with Gasteiger partial charge in [0.25, 0.3) is 0 Å². The highest BCUT2D eigenvalue weighted by Crippen LogP contribution is 2.35. The van der Waals surface area contributed by atoms with Crippen molar-refractivity contribution in [3.8, 4) is 17.2 Å². The molecule has 38 heavy (non-hydrogen) atoms. The van der Waals surface area contributed by atoms with Crippen LogP contribution in [-0.4, -0.2) is 16.3 Å². The molecule has 0 spiro atoms. The highest BCUT2D eigenvalue weighted by molar-refractivity contribution is 9.11. The fraction of sp³-hybridized carbons (Fsp3) is 0.0323. The van der Waals surface area contributed by atoms with E-state index < -0.39 is 0 Å². The van der Waals surface area contributed by atoms with Crippen LogP contribution >= 0.6 is 43.5 Å². The first-order chi connectivity index (χ1) is 18.5. The number of oxazole rings is 1. The van der Waals surface area contributed by atoms with Crippen molar-refractivity contribution in [1.29, 1.82) is 0 Å². The van der Waals surface area contributed by atoms with Gasteiger partial charge in [0.05, 0.1) is 10.2 Å². The zero-order chi connectivity index (χ0) is 26.2. The summed E-state index contributed by atoms with van der Waals surface area (Å²) < 4.78 is 7.72. The van der Waals surface area contributed by atoms with Gasteiger partial charge in [0, 0.05) is 26.8 Å². The molecule has 0 radical (unpaired) electrons. The highest BCUT2D eigenvalue weighted by Gasteiger charge is 2.13. The van der Waals surface area contributed by atoms with Crippen LogP contribution in [0, 0.1) is 0 Å². The van der Waals surface area contributed by atoms with E-state index in [1.165, 1.54) is 0 Å². The Balaban J connectivity index is 1.32. The van der Waals surface area contributed by atoms with Gasteiger partial charge in [0.15, 0.2) is 5.58 Å². The van der Waals surface area contributed by atoms with Gasteiger partial charge in [-0.1, -0.05) is 70.0 Å². The number of aromatic hydroxyl groups is 1. The maximum atomic E-state index is 10.6. The first kappa shape index (κ1) is 24.9. The van der Waals surface area contributed by atoms with Gasteiger partial charge < -0.3 is 9.52 Å². The SMILES string of the molecule is Oc1c(Br)cc(Cc2ccccc2Cl)cc1C=Nc1ccc2oc(-c3cccc4c(Br)cccc34)nc2c1. The largest absolute Gasteiger partial charge is 0.506 e. The minimum atomic E-state index is 0.128. The van der Waals surface area contributed by atoms with Gasteiger partial charge in [-0.2, -0.15) is 0 Å². The Morgan fingerprint density at radius 1 is 0.868 bits per heavy atom. The third-order valence-corrected chi connectivity index (χ3v) is 7.99. The van der Waals surface area contributed by atoms with Crippen LogP contribution in [0.5, 0.6) is 5.75 Å². The van der Waals surface area contributed by atoms with Crippen LogP contribution in [0.4, 0.5) is 5.69 Å². The van der Waals surface area contributed by atoms with E-state index in [9.17, 15) is 5.11 Å². The Kier molecular flexibility index (Phi) is 6.78. The third kappa shape index (κ3) is 4.87. The van der Waals surface area contributed by atoms with Gasteiger partial charge in [-0.05, 0) is 92.8 Å². The maximum Gasteiger partial charge on any atom is 0.227 e. The number of hydrogen-bond acceptors (Lipinski definition) is 4. The molecule has 7 heteroatoms. The lowest BCUT2D eigenvalue weighted by atomic mass is 10.0. The van der Waals surface area contributed by atoms with Crippen LogP contribution in [-0.2, 0) is 6.42 Å². The number of hydrogen-bond donors (Lipinski definition) is 1. The van der Waals surface area contributed by atoms with Gasteiger partial charge in [-0.25, -0.2) is 4.98 Å². The van der Waals surface area contributed by atoms with E-state index in [1.807, 2.05) is 78.9 Å². The summed E-state index contributed by atoms with van der Waals surface area (Å²) >= 11 is 13.4. The van der Waals surface area contributed by atoms with Crippen LogP contribution < -0.4 is 0 Å². The molecule has 0 unspecified atom stereocenters. The number of rotatable bonds is 5. The molecule has 6 aromatic rings. The molecule has 186 valence electrons. The molecule has 1 heterocycles. The predicted octanol–water partition coefficient (Wildman–Crippen LogP) is 9.87. The van der Waals surface area contributed by atoms with Crippen molar-refractivity contribution in [3.63, 3.8) is 0 Å². The Morgan fingerprint density at radius 3 is 2.55 bits per heavy atom. The molecule has 0 atom stereocenters. The van der Waals surface area contributed by atoms with Gasteiger partial charge in [-0.3, -0.25) is 4.99 Å². The van der Waals surface area contributed by atoms with Crippen molar-refractivity contribution >= 4 is 77.2 Å². The second-order valence-electron chi connectivity index (χ2n) is 8.85. The minimum absolute atomic E-state index is 0.128. The molecule has 0 amide bonds. The van der Waals surface area contributed by atoms with E-state index in [1.54, 1.807) is 6.21 Å². The number of halogens is 3. The van der Waals surface area contributed by atoms with Crippen LogP contribution in [0.15, 0.2) is 109 Å². The zero-order valence-electron chi connectivity index (χ0n) is 19.8. The number of aliphatic imine (C=N–C) groups is 1. The Labute approximate surface area is 240 Å². The number of benzene rings is 5. The van der Waals surface area contributed by atoms with Crippen molar-refractivity contribution in [2.24, 2.45) is 4.99 Å². The average molecular weight is 647 g/mol. The first-order valence-electron chi connectivity index (χ1n) is 11.8. The number of fused-ring (bicyclic) bond motifs is 2. The Hall–Kier alpha value is -3.45. The predicted molar refractivity (Wildman–Crippen MR) is 162 cm³/mol. The quantitative estimate of drug-likeness (QED) is 0.190. The molecule has 6 rings (SSSR count). The van der Waals surface area contributed by atoms with Crippen molar-refractivity contribution in [2.45, 2.75) is 6.42 Å². The van der Waals surface area contributed by atoms with Gasteiger partial charge in [0.1, 0.15) is 11.3 Å². The fourth-order valence-electron chi connectivity index (χ4n) is 4.45. The molecule has 1 aromatic heterocycles. The first-order valence-corrected chi connectivity index (χ1v) is 13.8. The second kappa shape index (κ2) is 10.4. The number of phenols is 1. The summed E-state index contributed by atoms with van der Waals surface area (Å²) in [6, 6.07) is 29.3. The number of nitrogens with zero attached hydrogens (tertiary/aromatic N) is 2. The van der Waals surface area contributed by atoms with Crippen molar-refractivity contribution in [2.75, 3.05) is 0 Å². The van der Waals surface area contributed by atoms with Gasteiger partial charge in [0.2, 0.25) is 5.89 Å². The molecule has 4 nitrogen and oxygen atoms in total. The van der Waals surface area contributed by atoms with Crippen LogP contribution in [0.1, 0.15) is 16.7 Å². The topological polar surface area (TPSA) is 58.6 Å². The van der Waals surface area contributed by atoms with Crippen molar-refractivity contribution in [1.82, 2.24) is 4.98 Å². The molecule has 0 bridgehead atoms. The normalized spacial score (nSPS) is 11.7. The summed E-state index contributed by atoms with van der Waals surface area (Å²) in [5.41, 5.74) is 5.63. The summed E-state index contributed by atoms with van der Waals surface area (Å²) in [6.07, 6.45) is 2.29. The monoisotopic (exact) mass is 644 g/mol. The third-order valence-electron chi connectivity index (χ3n) is 6.33. The lowest BCUT2D eigenvalue weighted by molar-refractivity contribution is 0.471. The lowest BCUT2D eigenvalue weighted by Crippen LogP contribution is -1.93. The molecule has 1 N–H and O–H groups in total. The highest BCUT2D eigenvalue weighted by atomic mass is 79.9. The second-order valence-corrected chi connectivity index (χ2v) is 11.0. The van der Waals surface area contributed by atoms with Crippen molar-refractivity contribution < 1.29 is 9.52 Å². The lowest BCUT2D eigenvalue weighted by Gasteiger charge is -2.08. The zero-order valence-corrected chi connectivity index (χ0v) is 23.8. The standard InChI is InChI=1S/C31H19Br2ClN2O2/c32-25-9-4-6-22-23(25)7-3-8-24(22)31-36-28-16-21(11-12-29(28)38-31)35-17-20-14-18(15-26(33)30(20)37)13-19-5-1-2-10-27(19)34/h1-12,14-17,37H,13H2.